The molecule has 0 bridgehead atoms. The van der Waals surface area contributed by atoms with Crippen molar-refractivity contribution in [2.45, 2.75) is 25.6 Å². The Balaban J connectivity index is 1.82. The summed E-state index contributed by atoms with van der Waals surface area (Å²) >= 11 is 11.6. The molecule has 0 saturated carbocycles. The number of nitrogens with zero attached hydrogens (tertiary/aromatic N) is 1. The number of rotatable bonds is 6. The van der Waals surface area contributed by atoms with E-state index in [-0.39, 0.29) is 33.7 Å². The number of hydrogen-bond donors (Lipinski definition) is 4. The maximum absolute atomic E-state index is 13.8. The van der Waals surface area contributed by atoms with Gasteiger partial charge in [-0.05, 0) is 55.3 Å². The fourth-order valence-electron chi connectivity index (χ4n) is 3.11. The first-order chi connectivity index (χ1) is 16.1. The van der Waals surface area contributed by atoms with Gasteiger partial charge in [0.15, 0.2) is 0 Å². The molecule has 0 aliphatic rings. The van der Waals surface area contributed by atoms with Crippen molar-refractivity contribution < 1.29 is 13.6 Å². The van der Waals surface area contributed by atoms with Crippen LogP contribution < -0.4 is 22.1 Å². The van der Waals surface area contributed by atoms with Gasteiger partial charge in [0.2, 0.25) is 5.96 Å². The molecular formula is C24H23Cl2F2N5O. The number of carbonyl (C=O) groups is 1. The van der Waals surface area contributed by atoms with Crippen LogP contribution in [0.5, 0.6) is 0 Å². The number of amides is 1. The lowest BCUT2D eigenvalue weighted by atomic mass is 10.0. The standard InChI is InChI=1S/C24H23Cl2F2N5O/c1-13-2-4-14(5-3-13)21(29)12-22(30)32-24(31-18-10-16(25)9-17(27)11-18)33-23(34)15-6-7-19(26)20(28)8-15/h2-11,21-22H,12,29-30H2,1H3,(H2,31,32,33,34). The van der Waals surface area contributed by atoms with E-state index in [1.807, 2.05) is 31.2 Å². The maximum Gasteiger partial charge on any atom is 0.280 e. The summed E-state index contributed by atoms with van der Waals surface area (Å²) in [6.07, 6.45) is -0.446. The molecule has 6 nitrogen and oxygen atoms in total. The molecule has 0 heterocycles. The van der Waals surface area contributed by atoms with Gasteiger partial charge in [-0.15, -0.1) is 0 Å². The molecule has 3 aromatic rings. The van der Waals surface area contributed by atoms with Gasteiger partial charge in [-0.1, -0.05) is 53.0 Å². The van der Waals surface area contributed by atoms with E-state index in [1.165, 1.54) is 24.3 Å². The molecule has 178 valence electrons. The van der Waals surface area contributed by atoms with Crippen molar-refractivity contribution in [1.29, 1.82) is 0 Å². The minimum atomic E-state index is -0.775. The first-order valence-corrected chi connectivity index (χ1v) is 11.0. The minimum absolute atomic E-state index is 0.0368. The lowest BCUT2D eigenvalue weighted by Gasteiger charge is -2.21. The highest BCUT2D eigenvalue weighted by Crippen LogP contribution is 2.20. The van der Waals surface area contributed by atoms with Gasteiger partial charge in [-0.3, -0.25) is 4.79 Å². The van der Waals surface area contributed by atoms with E-state index in [0.29, 0.717) is 0 Å². The second-order valence-corrected chi connectivity index (χ2v) is 8.52. The summed E-state index contributed by atoms with van der Waals surface area (Å²) in [6, 6.07) is 14.6. The number of nitrogens with one attached hydrogen (secondary N) is 2. The van der Waals surface area contributed by atoms with Crippen LogP contribution in [0.3, 0.4) is 0 Å². The summed E-state index contributed by atoms with van der Waals surface area (Å²) in [7, 11) is 0. The molecular weight excluding hydrogens is 483 g/mol. The third-order valence-corrected chi connectivity index (χ3v) is 5.37. The van der Waals surface area contributed by atoms with Gasteiger partial charge in [0.05, 0.1) is 11.2 Å². The Morgan fingerprint density at radius 2 is 1.74 bits per heavy atom. The Hall–Kier alpha value is -3.04. The molecule has 0 aliphatic carbocycles. The monoisotopic (exact) mass is 505 g/mol. The second-order valence-electron chi connectivity index (χ2n) is 7.68. The largest absolute Gasteiger partial charge is 0.341 e. The van der Waals surface area contributed by atoms with Crippen LogP contribution in [0.2, 0.25) is 10.0 Å². The molecule has 0 aromatic heterocycles. The molecule has 0 saturated heterocycles. The van der Waals surface area contributed by atoms with Crippen LogP contribution in [-0.2, 0) is 0 Å². The van der Waals surface area contributed by atoms with Gasteiger partial charge in [0.1, 0.15) is 11.6 Å². The Labute approximate surface area is 206 Å². The molecule has 0 aliphatic heterocycles. The summed E-state index contributed by atoms with van der Waals surface area (Å²) in [5, 5.41) is 5.68. The SMILES string of the molecule is Cc1ccc(C(N)CC(N)N/C(=N\C(=O)c2ccc(Cl)c(F)c2)Nc2cc(F)cc(Cl)c2)cc1. The number of aliphatic imine (C=N–C) groups is 1. The van der Waals surface area contributed by atoms with Crippen LogP contribution in [-0.4, -0.2) is 18.0 Å². The van der Waals surface area contributed by atoms with Crippen LogP contribution in [0.25, 0.3) is 0 Å². The normalized spacial score (nSPS) is 13.3. The first kappa shape index (κ1) is 25.6. The van der Waals surface area contributed by atoms with Crippen molar-refractivity contribution in [3.63, 3.8) is 0 Å². The molecule has 0 fully saturated rings. The summed E-state index contributed by atoms with van der Waals surface area (Å²) in [5.74, 6) is -2.22. The van der Waals surface area contributed by atoms with Crippen molar-refractivity contribution >= 4 is 40.8 Å². The number of aryl methyl sites for hydroxylation is 1. The highest BCUT2D eigenvalue weighted by Gasteiger charge is 2.16. The van der Waals surface area contributed by atoms with Crippen molar-refractivity contribution in [3.8, 4) is 0 Å². The van der Waals surface area contributed by atoms with Gasteiger partial charge in [-0.25, -0.2) is 8.78 Å². The molecule has 0 spiro atoms. The summed E-state index contributed by atoms with van der Waals surface area (Å²) in [4.78, 5) is 16.6. The van der Waals surface area contributed by atoms with Crippen LogP contribution in [0.1, 0.15) is 33.9 Å². The zero-order valence-electron chi connectivity index (χ0n) is 18.2. The zero-order chi connectivity index (χ0) is 24.8. The molecule has 6 N–H and O–H groups in total. The van der Waals surface area contributed by atoms with E-state index in [9.17, 15) is 13.6 Å². The summed E-state index contributed by atoms with van der Waals surface area (Å²) in [6.45, 7) is 1.97. The summed E-state index contributed by atoms with van der Waals surface area (Å²) in [5.41, 5.74) is 14.7. The maximum atomic E-state index is 13.8. The molecule has 3 aromatic carbocycles. The van der Waals surface area contributed by atoms with E-state index in [4.69, 9.17) is 34.7 Å². The Bertz CT molecular complexity index is 1180. The van der Waals surface area contributed by atoms with Crippen LogP contribution in [0.4, 0.5) is 14.5 Å². The molecule has 2 atom stereocenters. The number of hydrogen-bond acceptors (Lipinski definition) is 3. The van der Waals surface area contributed by atoms with Crippen LogP contribution >= 0.6 is 23.2 Å². The first-order valence-electron chi connectivity index (χ1n) is 10.3. The summed E-state index contributed by atoms with van der Waals surface area (Å²) < 4.78 is 27.6. The molecule has 0 radical (unpaired) electrons. The quantitative estimate of drug-likeness (QED) is 0.210. The number of benzene rings is 3. The van der Waals surface area contributed by atoms with Gasteiger partial charge in [0, 0.05) is 22.3 Å². The van der Waals surface area contributed by atoms with E-state index >= 15 is 0 Å². The Kier molecular flexibility index (Phi) is 8.57. The zero-order valence-corrected chi connectivity index (χ0v) is 19.7. The fraction of sp³-hybridized carbons (Fsp3) is 0.167. The van der Waals surface area contributed by atoms with E-state index < -0.39 is 29.7 Å². The third kappa shape index (κ3) is 7.23. The highest BCUT2D eigenvalue weighted by atomic mass is 35.5. The molecule has 2 unspecified atom stereocenters. The van der Waals surface area contributed by atoms with Crippen LogP contribution in [0, 0.1) is 18.6 Å². The van der Waals surface area contributed by atoms with Gasteiger partial charge in [0.25, 0.3) is 5.91 Å². The van der Waals surface area contributed by atoms with Crippen molar-refractivity contribution in [2.24, 2.45) is 16.5 Å². The number of guanidine groups is 1. The number of anilines is 1. The van der Waals surface area contributed by atoms with E-state index in [2.05, 4.69) is 15.6 Å². The molecule has 10 heteroatoms. The van der Waals surface area contributed by atoms with Crippen molar-refractivity contribution in [1.82, 2.24) is 5.32 Å². The lowest BCUT2D eigenvalue weighted by molar-refractivity contribution is 0.100. The van der Waals surface area contributed by atoms with Gasteiger partial charge in [-0.2, -0.15) is 4.99 Å². The topological polar surface area (TPSA) is 106 Å². The van der Waals surface area contributed by atoms with Crippen molar-refractivity contribution in [3.05, 3.63) is 99.0 Å². The Morgan fingerprint density at radius 3 is 2.38 bits per heavy atom. The molecule has 34 heavy (non-hydrogen) atoms. The second kappa shape index (κ2) is 11.4. The average Bonchev–Trinajstić information content (AvgIpc) is 2.75. The minimum Gasteiger partial charge on any atom is -0.341 e. The average molecular weight is 506 g/mol. The molecule has 1 amide bonds. The molecule has 3 rings (SSSR count). The Morgan fingerprint density at radius 1 is 1.03 bits per heavy atom. The van der Waals surface area contributed by atoms with E-state index in [1.54, 1.807) is 0 Å². The van der Waals surface area contributed by atoms with Crippen molar-refractivity contribution in [2.75, 3.05) is 5.32 Å². The number of halogens is 4. The van der Waals surface area contributed by atoms with Gasteiger partial charge < -0.3 is 22.1 Å². The predicted octanol–water partition coefficient (Wildman–Crippen LogP) is 5.15. The highest BCUT2D eigenvalue weighted by molar-refractivity contribution is 6.31. The van der Waals surface area contributed by atoms with E-state index in [0.717, 1.165) is 23.3 Å². The fourth-order valence-corrected chi connectivity index (χ4v) is 3.45. The van der Waals surface area contributed by atoms with Gasteiger partial charge >= 0.3 is 0 Å². The third-order valence-electron chi connectivity index (χ3n) is 4.84. The lowest BCUT2D eigenvalue weighted by Crippen LogP contribution is -2.46. The number of carbonyl (C=O) groups excluding carboxylic acids is 1. The smallest absolute Gasteiger partial charge is 0.280 e. The van der Waals surface area contributed by atoms with Crippen LogP contribution in [0.15, 0.2) is 65.7 Å². The predicted molar refractivity (Wildman–Crippen MR) is 132 cm³/mol. The number of nitrogens with two attached hydrogens (primary N) is 2.